The molecule has 1 rings (SSSR count). The van der Waals surface area contributed by atoms with Gasteiger partial charge in [-0.2, -0.15) is 0 Å². The maximum atomic E-state index is 9.21. The second-order valence-corrected chi connectivity index (χ2v) is 7.29. The van der Waals surface area contributed by atoms with E-state index >= 15 is 0 Å². The number of nitrogens with one attached hydrogen (secondary N) is 2. The van der Waals surface area contributed by atoms with Crippen LogP contribution in [-0.2, 0) is 4.74 Å². The predicted molar refractivity (Wildman–Crippen MR) is 117 cm³/mol. The molecule has 3 N–H and O–H groups in total. The summed E-state index contributed by atoms with van der Waals surface area (Å²) in [6.45, 7) is 10.1. The van der Waals surface area contributed by atoms with Crippen molar-refractivity contribution in [3.63, 3.8) is 0 Å². The molecule has 6 heteroatoms. The number of nitrogens with zero attached hydrogens (tertiary/aromatic N) is 1. The zero-order valence-electron chi connectivity index (χ0n) is 16.4. The van der Waals surface area contributed by atoms with E-state index in [4.69, 9.17) is 9.73 Å². The van der Waals surface area contributed by atoms with Crippen molar-refractivity contribution < 1.29 is 9.84 Å². The van der Waals surface area contributed by atoms with Gasteiger partial charge >= 0.3 is 0 Å². The molecule has 0 bridgehead atoms. The van der Waals surface area contributed by atoms with Crippen LogP contribution in [0, 0.1) is 11.8 Å². The molecule has 1 unspecified atom stereocenters. The molecular formula is C19H40IN3O2. The van der Waals surface area contributed by atoms with Crippen LogP contribution in [0.15, 0.2) is 4.99 Å². The van der Waals surface area contributed by atoms with Crippen LogP contribution in [0.2, 0.25) is 0 Å². The minimum absolute atomic E-state index is 0. The average Bonchev–Trinajstić information content (AvgIpc) is 3.05. The highest BCUT2D eigenvalue weighted by Crippen LogP contribution is 2.20. The first-order chi connectivity index (χ1) is 11.7. The van der Waals surface area contributed by atoms with Gasteiger partial charge in [0.15, 0.2) is 5.96 Å². The second-order valence-electron chi connectivity index (χ2n) is 7.29. The van der Waals surface area contributed by atoms with Crippen molar-refractivity contribution in [3.05, 3.63) is 0 Å². The Morgan fingerprint density at radius 2 is 1.96 bits per heavy atom. The van der Waals surface area contributed by atoms with Gasteiger partial charge in [0.25, 0.3) is 0 Å². The lowest BCUT2D eigenvalue weighted by Gasteiger charge is -2.17. The summed E-state index contributed by atoms with van der Waals surface area (Å²) in [6.07, 6.45) is 8.57. The Labute approximate surface area is 171 Å². The van der Waals surface area contributed by atoms with Crippen molar-refractivity contribution >= 4 is 29.9 Å². The summed E-state index contributed by atoms with van der Waals surface area (Å²) >= 11 is 0. The Morgan fingerprint density at radius 1 is 1.24 bits per heavy atom. The molecule has 0 saturated heterocycles. The van der Waals surface area contributed by atoms with Gasteiger partial charge in [-0.1, -0.05) is 26.7 Å². The van der Waals surface area contributed by atoms with E-state index in [1.807, 2.05) is 0 Å². The zero-order chi connectivity index (χ0) is 17.6. The maximum absolute atomic E-state index is 9.21. The summed E-state index contributed by atoms with van der Waals surface area (Å²) in [5.74, 6) is 1.97. The molecule has 0 aromatic carbocycles. The van der Waals surface area contributed by atoms with Gasteiger partial charge in [0.2, 0.25) is 0 Å². The third kappa shape index (κ3) is 12.8. The van der Waals surface area contributed by atoms with Crippen LogP contribution < -0.4 is 10.6 Å². The van der Waals surface area contributed by atoms with Gasteiger partial charge in [0, 0.05) is 32.8 Å². The van der Waals surface area contributed by atoms with Crippen LogP contribution in [0.3, 0.4) is 0 Å². The summed E-state index contributed by atoms with van der Waals surface area (Å²) < 4.78 is 5.89. The SMILES string of the molecule is CCNC(=NCC(CCO)CC(C)C)NCCCOC1CCCC1.I. The first-order valence-corrected chi connectivity index (χ1v) is 9.90. The minimum Gasteiger partial charge on any atom is -0.396 e. The number of aliphatic hydroxyl groups excluding tert-OH is 1. The zero-order valence-corrected chi connectivity index (χ0v) is 18.8. The molecule has 1 fully saturated rings. The Morgan fingerprint density at radius 3 is 2.56 bits per heavy atom. The number of halogens is 1. The number of guanidine groups is 1. The lowest BCUT2D eigenvalue weighted by molar-refractivity contribution is 0.0574. The molecule has 0 aromatic rings. The fourth-order valence-electron chi connectivity index (χ4n) is 3.28. The van der Waals surface area contributed by atoms with E-state index in [0.717, 1.165) is 51.5 Å². The molecule has 0 aliphatic heterocycles. The molecule has 0 heterocycles. The van der Waals surface area contributed by atoms with Crippen LogP contribution in [-0.4, -0.2) is 50.0 Å². The van der Waals surface area contributed by atoms with Crippen LogP contribution in [0.25, 0.3) is 0 Å². The number of hydrogen-bond acceptors (Lipinski definition) is 3. The first-order valence-electron chi connectivity index (χ1n) is 9.90. The standard InChI is InChI=1S/C19H39N3O2.HI/c1-4-20-19(22-15-17(10-12-23)14-16(2)3)21-11-7-13-24-18-8-5-6-9-18;/h16-18,23H,4-15H2,1-3H3,(H2,20,21,22);1H. The van der Waals surface area contributed by atoms with E-state index in [1.54, 1.807) is 0 Å². The molecule has 25 heavy (non-hydrogen) atoms. The molecule has 1 atom stereocenters. The van der Waals surface area contributed by atoms with Gasteiger partial charge < -0.3 is 20.5 Å². The van der Waals surface area contributed by atoms with E-state index < -0.39 is 0 Å². The third-order valence-electron chi connectivity index (χ3n) is 4.46. The highest BCUT2D eigenvalue weighted by molar-refractivity contribution is 14.0. The molecular weight excluding hydrogens is 429 g/mol. The fraction of sp³-hybridized carbons (Fsp3) is 0.947. The Bertz CT molecular complexity index is 335. The molecule has 1 saturated carbocycles. The van der Waals surface area contributed by atoms with E-state index in [9.17, 15) is 5.11 Å². The van der Waals surface area contributed by atoms with Gasteiger partial charge in [0.1, 0.15) is 0 Å². The van der Waals surface area contributed by atoms with Crippen molar-refractivity contribution in [2.75, 3.05) is 32.8 Å². The highest BCUT2D eigenvalue weighted by atomic mass is 127. The summed E-state index contributed by atoms with van der Waals surface area (Å²) in [5, 5.41) is 15.9. The molecule has 0 aromatic heterocycles. The number of ether oxygens (including phenoxy) is 1. The van der Waals surface area contributed by atoms with Crippen LogP contribution in [0.4, 0.5) is 0 Å². The Hall–Kier alpha value is -0.0800. The summed E-state index contributed by atoms with van der Waals surface area (Å²) in [6, 6.07) is 0. The number of rotatable bonds is 12. The van der Waals surface area contributed by atoms with Crippen molar-refractivity contribution in [1.82, 2.24) is 10.6 Å². The monoisotopic (exact) mass is 469 g/mol. The highest BCUT2D eigenvalue weighted by Gasteiger charge is 2.14. The maximum Gasteiger partial charge on any atom is 0.191 e. The summed E-state index contributed by atoms with van der Waals surface area (Å²) in [4.78, 5) is 4.70. The van der Waals surface area contributed by atoms with E-state index in [1.165, 1.54) is 25.7 Å². The summed E-state index contributed by atoms with van der Waals surface area (Å²) in [5.41, 5.74) is 0. The molecule has 0 spiro atoms. The van der Waals surface area contributed by atoms with Gasteiger partial charge in [-0.3, -0.25) is 4.99 Å². The molecule has 150 valence electrons. The Balaban J connectivity index is 0.00000576. The molecule has 5 nitrogen and oxygen atoms in total. The van der Waals surface area contributed by atoms with Crippen LogP contribution >= 0.6 is 24.0 Å². The van der Waals surface area contributed by atoms with Crippen molar-refractivity contribution in [3.8, 4) is 0 Å². The fourth-order valence-corrected chi connectivity index (χ4v) is 3.28. The number of aliphatic imine (C=N–C) groups is 1. The van der Waals surface area contributed by atoms with Crippen LogP contribution in [0.5, 0.6) is 0 Å². The van der Waals surface area contributed by atoms with Gasteiger partial charge in [-0.05, 0) is 50.9 Å². The predicted octanol–water partition coefficient (Wildman–Crippen LogP) is 3.55. The smallest absolute Gasteiger partial charge is 0.191 e. The number of hydrogen-bond donors (Lipinski definition) is 3. The van der Waals surface area contributed by atoms with Crippen LogP contribution in [0.1, 0.15) is 65.7 Å². The van der Waals surface area contributed by atoms with E-state index in [-0.39, 0.29) is 30.6 Å². The molecule has 1 aliphatic carbocycles. The second kappa shape index (κ2) is 16.1. The van der Waals surface area contributed by atoms with Gasteiger partial charge in [0.05, 0.1) is 6.10 Å². The topological polar surface area (TPSA) is 65.9 Å². The lowest BCUT2D eigenvalue weighted by Crippen LogP contribution is -2.38. The largest absolute Gasteiger partial charge is 0.396 e. The quantitative estimate of drug-likeness (QED) is 0.177. The minimum atomic E-state index is 0. The van der Waals surface area contributed by atoms with Gasteiger partial charge in [-0.15, -0.1) is 24.0 Å². The van der Waals surface area contributed by atoms with E-state index in [0.29, 0.717) is 17.9 Å². The van der Waals surface area contributed by atoms with Gasteiger partial charge in [-0.25, -0.2) is 0 Å². The first kappa shape index (κ1) is 24.9. The van der Waals surface area contributed by atoms with Crippen molar-refractivity contribution in [1.29, 1.82) is 0 Å². The average molecular weight is 469 g/mol. The number of aliphatic hydroxyl groups is 1. The molecule has 0 radical (unpaired) electrons. The molecule has 1 aliphatic rings. The third-order valence-corrected chi connectivity index (χ3v) is 4.46. The van der Waals surface area contributed by atoms with Crippen molar-refractivity contribution in [2.45, 2.75) is 71.8 Å². The molecule has 0 amide bonds. The lowest BCUT2D eigenvalue weighted by atomic mass is 9.94. The Kier molecular flexibility index (Phi) is 16.1. The van der Waals surface area contributed by atoms with Crippen molar-refractivity contribution in [2.24, 2.45) is 16.8 Å². The van der Waals surface area contributed by atoms with E-state index in [2.05, 4.69) is 31.4 Å². The normalized spacial score (nSPS) is 16.8. The summed E-state index contributed by atoms with van der Waals surface area (Å²) in [7, 11) is 0.